The molecule has 2 aromatic carbocycles. The highest BCUT2D eigenvalue weighted by atomic mass is 35.5. The largest absolute Gasteiger partial charge is 0.493 e. The van der Waals surface area contributed by atoms with Crippen molar-refractivity contribution in [2.75, 3.05) is 7.11 Å². The van der Waals surface area contributed by atoms with Gasteiger partial charge in [-0.1, -0.05) is 62.7 Å². The monoisotopic (exact) mass is 590 g/mol. The molecule has 2 heterocycles. The molecule has 0 unspecified atom stereocenters. The lowest BCUT2D eigenvalue weighted by atomic mass is 9.72. The van der Waals surface area contributed by atoms with Gasteiger partial charge in [0.2, 0.25) is 0 Å². The zero-order valence-electron chi connectivity index (χ0n) is 23.8. The van der Waals surface area contributed by atoms with E-state index in [4.69, 9.17) is 30.5 Å². The second-order valence-electron chi connectivity index (χ2n) is 11.3. The molecular formula is C33H35ClN2O4S. The first-order valence-electron chi connectivity index (χ1n) is 13.8. The fourth-order valence-electron chi connectivity index (χ4n) is 5.12. The van der Waals surface area contributed by atoms with E-state index in [0.717, 1.165) is 36.0 Å². The number of carbonyl (C=O) groups is 1. The van der Waals surface area contributed by atoms with Crippen molar-refractivity contribution in [3.05, 3.63) is 98.8 Å². The molecule has 1 N–H and O–H groups in total. The van der Waals surface area contributed by atoms with Crippen LogP contribution in [0.1, 0.15) is 64.9 Å². The number of amides is 1. The van der Waals surface area contributed by atoms with Crippen LogP contribution in [0.3, 0.4) is 0 Å². The van der Waals surface area contributed by atoms with Gasteiger partial charge in [0.15, 0.2) is 11.5 Å². The molecule has 0 fully saturated rings. The van der Waals surface area contributed by atoms with E-state index in [1.54, 1.807) is 37.0 Å². The maximum atomic E-state index is 13.5. The Morgan fingerprint density at radius 3 is 2.71 bits per heavy atom. The predicted octanol–water partition coefficient (Wildman–Crippen LogP) is 8.41. The number of furan rings is 1. The summed E-state index contributed by atoms with van der Waals surface area (Å²) in [5, 5.41) is 4.15. The summed E-state index contributed by atoms with van der Waals surface area (Å²) in [6.07, 6.45) is 6.20. The van der Waals surface area contributed by atoms with Gasteiger partial charge in [0.1, 0.15) is 17.4 Å². The van der Waals surface area contributed by atoms with Gasteiger partial charge in [0, 0.05) is 11.1 Å². The summed E-state index contributed by atoms with van der Waals surface area (Å²) in [5.74, 6) is 2.12. The number of benzene rings is 2. The van der Waals surface area contributed by atoms with Crippen molar-refractivity contribution in [1.82, 2.24) is 5.32 Å². The third-order valence-electron chi connectivity index (χ3n) is 7.51. The van der Waals surface area contributed by atoms with Crippen LogP contribution >= 0.6 is 22.9 Å². The third kappa shape index (κ3) is 6.85. The Kier molecular flexibility index (Phi) is 8.85. The minimum absolute atomic E-state index is 0.138. The molecule has 2 aromatic heterocycles. The molecule has 0 saturated carbocycles. The molecule has 4 aromatic rings. The third-order valence-corrected chi connectivity index (χ3v) is 8.95. The van der Waals surface area contributed by atoms with E-state index in [1.807, 2.05) is 48.5 Å². The van der Waals surface area contributed by atoms with Gasteiger partial charge in [-0.25, -0.2) is 4.99 Å². The molecule has 1 amide bonds. The van der Waals surface area contributed by atoms with Gasteiger partial charge in [0.05, 0.1) is 30.5 Å². The van der Waals surface area contributed by atoms with Crippen LogP contribution in [0.5, 0.6) is 11.5 Å². The lowest BCUT2D eigenvalue weighted by Crippen LogP contribution is -2.28. The van der Waals surface area contributed by atoms with Gasteiger partial charge in [0.25, 0.3) is 5.91 Å². The maximum absolute atomic E-state index is 13.5. The minimum Gasteiger partial charge on any atom is -0.493 e. The van der Waals surface area contributed by atoms with Crippen molar-refractivity contribution in [1.29, 1.82) is 0 Å². The Balaban J connectivity index is 1.42. The quantitative estimate of drug-likeness (QED) is 0.199. The van der Waals surface area contributed by atoms with E-state index in [2.05, 4.69) is 26.1 Å². The zero-order chi connectivity index (χ0) is 29.0. The predicted molar refractivity (Wildman–Crippen MR) is 165 cm³/mol. The number of fused-ring (bicyclic) bond motifs is 1. The molecular weight excluding hydrogens is 556 g/mol. The lowest BCUT2D eigenvalue weighted by Gasteiger charge is -2.33. The second kappa shape index (κ2) is 12.5. The van der Waals surface area contributed by atoms with E-state index < -0.39 is 0 Å². The molecule has 1 aliphatic rings. The van der Waals surface area contributed by atoms with Crippen LogP contribution < -0.4 is 14.8 Å². The van der Waals surface area contributed by atoms with Gasteiger partial charge in [-0.2, -0.15) is 0 Å². The van der Waals surface area contributed by atoms with Crippen molar-refractivity contribution in [3.8, 4) is 11.5 Å². The molecule has 0 radical (unpaired) electrons. The van der Waals surface area contributed by atoms with Crippen molar-refractivity contribution in [3.63, 3.8) is 0 Å². The number of thiophene rings is 1. The SMILES string of the molecule is COc1cc(C=Nc2sc3c(c2C(=O)NCc2ccco2)CC[C@@H](C(C)(C)C)C3)cc(Cl)c1OCc1ccccc1. The summed E-state index contributed by atoms with van der Waals surface area (Å²) in [7, 11) is 1.59. The first-order valence-corrected chi connectivity index (χ1v) is 15.0. The number of nitrogens with one attached hydrogen (secondary N) is 1. The Hall–Kier alpha value is -3.55. The van der Waals surface area contributed by atoms with Crippen LogP contribution in [-0.4, -0.2) is 19.2 Å². The summed E-state index contributed by atoms with van der Waals surface area (Å²) in [4.78, 5) is 19.6. The molecule has 214 valence electrons. The van der Waals surface area contributed by atoms with Crippen LogP contribution in [0.2, 0.25) is 5.02 Å². The number of rotatable bonds is 9. The van der Waals surface area contributed by atoms with Crippen molar-refractivity contribution >= 4 is 40.1 Å². The van der Waals surface area contributed by atoms with Gasteiger partial charge in [-0.05, 0) is 71.6 Å². The normalized spacial score (nSPS) is 15.1. The zero-order valence-corrected chi connectivity index (χ0v) is 25.4. The van der Waals surface area contributed by atoms with Gasteiger partial charge in [-0.15, -0.1) is 11.3 Å². The Bertz CT molecular complexity index is 1520. The molecule has 1 aliphatic carbocycles. The van der Waals surface area contributed by atoms with Crippen LogP contribution in [0.25, 0.3) is 0 Å². The van der Waals surface area contributed by atoms with E-state index in [-0.39, 0.29) is 11.3 Å². The second-order valence-corrected chi connectivity index (χ2v) is 12.8. The lowest BCUT2D eigenvalue weighted by molar-refractivity contribution is 0.0947. The fourth-order valence-corrected chi connectivity index (χ4v) is 6.66. The number of hydrogen-bond acceptors (Lipinski definition) is 6. The summed E-state index contributed by atoms with van der Waals surface area (Å²) < 4.78 is 17.0. The topological polar surface area (TPSA) is 73.1 Å². The molecule has 8 heteroatoms. The van der Waals surface area contributed by atoms with Crippen LogP contribution in [0.15, 0.2) is 70.3 Å². The summed E-state index contributed by atoms with van der Waals surface area (Å²) >= 11 is 8.24. The number of halogens is 1. The summed E-state index contributed by atoms with van der Waals surface area (Å²) in [6, 6.07) is 17.2. The van der Waals surface area contributed by atoms with Gasteiger partial charge in [-0.3, -0.25) is 4.79 Å². The molecule has 0 bridgehead atoms. The standard InChI is InChI=1S/C33H35ClN2O4S/c1-33(2,3)23-12-13-25-28(17-23)41-32(29(25)31(37)35-19-24-11-8-14-39-24)36-18-22-15-26(34)30(27(16-22)38-4)40-20-21-9-6-5-7-10-21/h5-11,14-16,18,23H,12-13,17,19-20H2,1-4H3,(H,35,37)/t23-/m1/s1. The Morgan fingerprint density at radius 2 is 2.00 bits per heavy atom. The van der Waals surface area contributed by atoms with Gasteiger partial charge < -0.3 is 19.2 Å². The average Bonchev–Trinajstić information content (AvgIpc) is 3.61. The first kappa shape index (κ1) is 29.0. The average molecular weight is 591 g/mol. The van der Waals surface area contributed by atoms with Crippen LogP contribution in [0, 0.1) is 11.3 Å². The number of methoxy groups -OCH3 is 1. The van der Waals surface area contributed by atoms with Crippen molar-refractivity contribution in [2.24, 2.45) is 16.3 Å². The number of hydrogen-bond donors (Lipinski definition) is 1. The molecule has 0 spiro atoms. The number of ether oxygens (including phenoxy) is 2. The number of nitrogens with zero attached hydrogens (tertiary/aromatic N) is 1. The number of aliphatic imine (C=N–C) groups is 1. The first-order chi connectivity index (χ1) is 19.7. The molecule has 1 atom stereocenters. The molecule has 6 nitrogen and oxygen atoms in total. The minimum atomic E-state index is -0.138. The van der Waals surface area contributed by atoms with Crippen molar-refractivity contribution in [2.45, 2.75) is 53.2 Å². The summed E-state index contributed by atoms with van der Waals surface area (Å²) in [6.45, 7) is 7.56. The van der Waals surface area contributed by atoms with Gasteiger partial charge >= 0.3 is 0 Å². The van der Waals surface area contributed by atoms with E-state index >= 15 is 0 Å². The smallest absolute Gasteiger partial charge is 0.255 e. The molecule has 5 rings (SSSR count). The van der Waals surface area contributed by atoms with Crippen LogP contribution in [0.4, 0.5) is 5.00 Å². The van der Waals surface area contributed by atoms with Crippen molar-refractivity contribution < 1.29 is 18.7 Å². The highest BCUT2D eigenvalue weighted by molar-refractivity contribution is 7.16. The van der Waals surface area contributed by atoms with Crippen LogP contribution in [-0.2, 0) is 26.0 Å². The highest BCUT2D eigenvalue weighted by Crippen LogP contribution is 2.45. The number of carbonyl (C=O) groups excluding carboxylic acids is 1. The Labute approximate surface area is 250 Å². The fraction of sp³-hybridized carbons (Fsp3) is 0.333. The molecule has 41 heavy (non-hydrogen) atoms. The molecule has 0 saturated heterocycles. The maximum Gasteiger partial charge on any atom is 0.255 e. The van der Waals surface area contributed by atoms with E-state index in [0.29, 0.717) is 51.9 Å². The summed E-state index contributed by atoms with van der Waals surface area (Å²) in [5.41, 5.74) is 3.75. The highest BCUT2D eigenvalue weighted by Gasteiger charge is 2.33. The van der Waals surface area contributed by atoms with E-state index in [9.17, 15) is 4.79 Å². The Morgan fingerprint density at radius 1 is 1.20 bits per heavy atom. The van der Waals surface area contributed by atoms with E-state index in [1.165, 1.54) is 4.88 Å². The molecule has 0 aliphatic heterocycles.